The maximum absolute atomic E-state index is 12.6. The van der Waals surface area contributed by atoms with Crippen LogP contribution < -0.4 is 29.5 Å². The predicted octanol–water partition coefficient (Wildman–Crippen LogP) is 3.76. The summed E-state index contributed by atoms with van der Waals surface area (Å²) in [7, 11) is 0. The van der Waals surface area contributed by atoms with Gasteiger partial charge in [-0.1, -0.05) is 11.8 Å². The Morgan fingerprint density at radius 2 is 1.61 bits per heavy atom. The minimum absolute atomic E-state index is 0.113. The molecule has 6 aliphatic heterocycles. The van der Waals surface area contributed by atoms with Crippen molar-refractivity contribution in [2.45, 2.75) is 112 Å². The molecule has 0 radical (unpaired) electrons. The van der Waals surface area contributed by atoms with Crippen molar-refractivity contribution in [2.75, 3.05) is 60.7 Å². The third kappa shape index (κ3) is 8.39. The van der Waals surface area contributed by atoms with Crippen molar-refractivity contribution in [3.05, 3.63) is 40.0 Å². The first kappa shape index (κ1) is 40.4. The monoisotopic (exact) mass is 918 g/mol. The Balaban J connectivity index is 0.000000252. The van der Waals surface area contributed by atoms with Crippen molar-refractivity contribution in [3.63, 3.8) is 0 Å². The first-order chi connectivity index (χ1) is 27.3. The van der Waals surface area contributed by atoms with Gasteiger partial charge < -0.3 is 54.3 Å². The average molecular weight is 919 g/mol. The van der Waals surface area contributed by atoms with Gasteiger partial charge in [0, 0.05) is 44.0 Å². The number of fused-ring (bicyclic) bond motifs is 6. The van der Waals surface area contributed by atoms with E-state index in [0.717, 1.165) is 45.1 Å². The van der Waals surface area contributed by atoms with Crippen molar-refractivity contribution >= 4 is 57.9 Å². The van der Waals surface area contributed by atoms with E-state index >= 15 is 0 Å². The molecule has 57 heavy (non-hydrogen) atoms. The topological polar surface area (TPSA) is 188 Å². The molecule has 3 aromatic rings. The number of hydrogen-bond donors (Lipinski definition) is 4. The number of anilines is 3. The van der Waals surface area contributed by atoms with Gasteiger partial charge in [0.2, 0.25) is 0 Å². The number of halogens is 1. The summed E-state index contributed by atoms with van der Waals surface area (Å²) in [5.41, 5.74) is -0.250. The molecule has 0 aromatic carbocycles. The van der Waals surface area contributed by atoms with Crippen LogP contribution in [0.5, 0.6) is 11.5 Å². The normalized spacial score (nSPS) is 27.0. The molecular formula is C39H51IN8O8S. The van der Waals surface area contributed by atoms with Crippen LogP contribution in [-0.4, -0.2) is 129 Å². The second-order valence-electron chi connectivity index (χ2n) is 16.6. The zero-order valence-corrected chi connectivity index (χ0v) is 35.6. The number of piperidine rings is 1. The molecule has 18 heteroatoms. The Kier molecular flexibility index (Phi) is 11.6. The molecule has 4 N–H and O–H groups in total. The lowest BCUT2D eigenvalue weighted by Gasteiger charge is -2.43. The zero-order valence-electron chi connectivity index (χ0n) is 32.6. The molecule has 0 unspecified atom stereocenters. The van der Waals surface area contributed by atoms with Gasteiger partial charge in [-0.15, -0.1) is 0 Å². The number of nitrogens with zero attached hydrogens (tertiary/aromatic N) is 7. The smallest absolute Gasteiger partial charge is 0.407 e. The number of alkyl carbamates (subject to hydrolysis) is 1. The number of hydrogen-bond acceptors (Lipinski definition) is 16. The summed E-state index contributed by atoms with van der Waals surface area (Å²) in [6.45, 7) is 11.7. The number of carbonyl (C=O) groups excluding carboxylic acids is 1. The second kappa shape index (κ2) is 16.3. The van der Waals surface area contributed by atoms with E-state index in [1.54, 1.807) is 18.6 Å². The quantitative estimate of drug-likeness (QED) is 0.271. The van der Waals surface area contributed by atoms with E-state index in [1.165, 1.54) is 11.8 Å². The first-order valence-electron chi connectivity index (χ1n) is 19.6. The van der Waals surface area contributed by atoms with Gasteiger partial charge in [0.05, 0.1) is 64.3 Å². The van der Waals surface area contributed by atoms with Gasteiger partial charge in [-0.25, -0.2) is 24.7 Å². The molecule has 9 heterocycles. The van der Waals surface area contributed by atoms with Gasteiger partial charge in [0.25, 0.3) is 0 Å². The standard InChI is InChI=1S/C29H40N6O6S.C10H11IN2O2/c1-17-24(33-27(38)41-28(2,3)4)29(16-40-17)6-9-34(10-7-29)25-20(14-36)32-22(12-31-25)42-21-5-8-30-26-23(21)39-15-18-11-19(37)13-35(18)26;11-8-1-2-12-10-9(8)15-5-6-3-7(14)4-13(6)10/h5,8,12,17-19,24,36-37H,6-7,9-11,13-16H2,1-4H3,(H,33,38);1-2,6-7,14H,3-5H2/t17-,18-,19-,24+;6-,7-/m00/s1. The number of aliphatic hydroxyl groups excluding tert-OH is 3. The van der Waals surface area contributed by atoms with E-state index in [2.05, 4.69) is 52.6 Å². The fraction of sp³-hybridized carbons (Fsp3) is 0.615. The van der Waals surface area contributed by atoms with Crippen LogP contribution in [0.2, 0.25) is 0 Å². The van der Waals surface area contributed by atoms with Crippen LogP contribution in [0.25, 0.3) is 0 Å². The number of aliphatic hydroxyl groups is 3. The molecule has 0 saturated carbocycles. The first-order valence-corrected chi connectivity index (χ1v) is 21.5. The largest absolute Gasteiger partial charge is 0.486 e. The number of amides is 1. The highest BCUT2D eigenvalue weighted by Gasteiger charge is 2.51. The Labute approximate surface area is 350 Å². The highest BCUT2D eigenvalue weighted by molar-refractivity contribution is 14.1. The Morgan fingerprint density at radius 3 is 2.26 bits per heavy atom. The summed E-state index contributed by atoms with van der Waals surface area (Å²) in [6.07, 6.45) is 7.16. The van der Waals surface area contributed by atoms with Gasteiger partial charge >= 0.3 is 6.09 Å². The van der Waals surface area contributed by atoms with E-state index in [0.29, 0.717) is 74.7 Å². The van der Waals surface area contributed by atoms with Gasteiger partial charge in [0.1, 0.15) is 29.5 Å². The van der Waals surface area contributed by atoms with E-state index in [9.17, 15) is 20.1 Å². The number of aromatic nitrogens is 4. The summed E-state index contributed by atoms with van der Waals surface area (Å²) in [5.74, 6) is 3.85. The molecule has 1 amide bonds. The molecule has 16 nitrogen and oxygen atoms in total. The lowest BCUT2D eigenvalue weighted by molar-refractivity contribution is 0.0434. The highest BCUT2D eigenvalue weighted by Crippen LogP contribution is 2.46. The van der Waals surface area contributed by atoms with Gasteiger partial charge in [-0.3, -0.25) is 0 Å². The lowest BCUT2D eigenvalue weighted by atomic mass is 9.73. The minimum Gasteiger partial charge on any atom is -0.486 e. The molecule has 0 aliphatic carbocycles. The van der Waals surface area contributed by atoms with Crippen molar-refractivity contribution < 1.29 is 39.1 Å². The van der Waals surface area contributed by atoms with Crippen LogP contribution in [0.15, 0.2) is 40.6 Å². The predicted molar refractivity (Wildman–Crippen MR) is 220 cm³/mol. The third-order valence-corrected chi connectivity index (χ3v) is 13.3. The highest BCUT2D eigenvalue weighted by atomic mass is 127. The van der Waals surface area contributed by atoms with E-state index in [4.69, 9.17) is 28.9 Å². The van der Waals surface area contributed by atoms with Crippen LogP contribution in [0.1, 0.15) is 59.1 Å². The van der Waals surface area contributed by atoms with Crippen LogP contribution in [0.3, 0.4) is 0 Å². The molecular weight excluding hydrogens is 867 g/mol. The SMILES string of the molecule is C[C@@H]1OCC2(CCN(c3ncc(Sc4ccnc5c4OC[C@@H]4C[C@H](O)CN54)nc3CO)CC2)[C@@H]1NC(=O)OC(C)(C)C.O[C@H]1C[C@H]2COc3c(I)ccnc3N2C1. The Bertz CT molecular complexity index is 1950. The van der Waals surface area contributed by atoms with Crippen molar-refractivity contribution in [3.8, 4) is 11.5 Å². The van der Waals surface area contributed by atoms with Crippen LogP contribution in [0, 0.1) is 8.99 Å². The molecule has 4 saturated heterocycles. The van der Waals surface area contributed by atoms with Crippen molar-refractivity contribution in [2.24, 2.45) is 5.41 Å². The third-order valence-electron chi connectivity index (χ3n) is 11.5. The number of pyridine rings is 2. The summed E-state index contributed by atoms with van der Waals surface area (Å²) in [4.78, 5) is 38.3. The zero-order chi connectivity index (χ0) is 40.1. The maximum atomic E-state index is 12.6. The van der Waals surface area contributed by atoms with Crippen LogP contribution in [-0.2, 0) is 16.1 Å². The molecule has 1 spiro atoms. The van der Waals surface area contributed by atoms with Crippen molar-refractivity contribution in [1.82, 2.24) is 25.3 Å². The number of ether oxygens (including phenoxy) is 4. The molecule has 4 fully saturated rings. The average Bonchev–Trinajstić information content (AvgIpc) is 3.85. The van der Waals surface area contributed by atoms with Crippen molar-refractivity contribution in [1.29, 1.82) is 0 Å². The van der Waals surface area contributed by atoms with Crippen LogP contribution >= 0.6 is 34.4 Å². The molecule has 0 bridgehead atoms. The molecule has 6 atom stereocenters. The summed E-state index contributed by atoms with van der Waals surface area (Å²) in [5, 5.41) is 33.7. The minimum atomic E-state index is -0.572. The van der Waals surface area contributed by atoms with E-state index in [-0.39, 0.29) is 48.5 Å². The fourth-order valence-corrected chi connectivity index (χ4v) is 10.2. The van der Waals surface area contributed by atoms with Gasteiger partial charge in [0.15, 0.2) is 29.0 Å². The van der Waals surface area contributed by atoms with Crippen LogP contribution in [0.4, 0.5) is 22.2 Å². The number of carbonyl (C=O) groups is 1. The number of nitrogens with one attached hydrogen (secondary N) is 1. The van der Waals surface area contributed by atoms with Gasteiger partial charge in [-0.2, -0.15) is 0 Å². The number of rotatable bonds is 5. The fourth-order valence-electron chi connectivity index (χ4n) is 8.81. The Morgan fingerprint density at radius 1 is 0.982 bits per heavy atom. The second-order valence-corrected chi connectivity index (χ2v) is 18.9. The van der Waals surface area contributed by atoms with Gasteiger partial charge in [-0.05, 0) is 88.1 Å². The van der Waals surface area contributed by atoms with E-state index in [1.807, 2.05) is 39.8 Å². The summed E-state index contributed by atoms with van der Waals surface area (Å²) >= 11 is 3.67. The molecule has 6 aliphatic rings. The molecule has 3 aromatic heterocycles. The molecule has 308 valence electrons. The maximum Gasteiger partial charge on any atom is 0.407 e. The summed E-state index contributed by atoms with van der Waals surface area (Å²) in [6, 6.07) is 4.10. The Hall–Kier alpha value is -3.43. The lowest BCUT2D eigenvalue weighted by Crippen LogP contribution is -2.55. The van der Waals surface area contributed by atoms with E-state index < -0.39 is 11.7 Å². The summed E-state index contributed by atoms with van der Waals surface area (Å²) < 4.78 is 24.4. The molecule has 9 rings (SSSR count).